The van der Waals surface area contributed by atoms with E-state index >= 15 is 0 Å². The average Bonchev–Trinajstić information content (AvgIpc) is 2.65. The van der Waals surface area contributed by atoms with E-state index in [4.69, 9.17) is 16.3 Å². The number of ether oxygens (including phenoxy) is 1. The second-order valence-electron chi connectivity index (χ2n) is 6.34. The number of benzene rings is 2. The molecule has 4 heteroatoms. The van der Waals surface area contributed by atoms with Crippen molar-refractivity contribution in [3.8, 4) is 11.5 Å². The number of hydrogen-bond acceptors (Lipinski definition) is 3. The Morgan fingerprint density at radius 1 is 1.00 bits per heavy atom. The molecule has 1 heterocycles. The maximum atomic E-state index is 6.20. The summed E-state index contributed by atoms with van der Waals surface area (Å²) in [4.78, 5) is 4.33. The third-order valence-corrected chi connectivity index (χ3v) is 4.63. The molecule has 1 aromatic heterocycles. The fourth-order valence-corrected chi connectivity index (χ4v) is 2.86. The van der Waals surface area contributed by atoms with Crippen molar-refractivity contribution in [2.75, 3.05) is 5.32 Å². The lowest BCUT2D eigenvalue weighted by atomic mass is 10.1. The van der Waals surface area contributed by atoms with Crippen LogP contribution in [0.5, 0.6) is 11.5 Å². The number of aromatic nitrogens is 1. The molecule has 3 nitrogen and oxygen atoms in total. The summed E-state index contributed by atoms with van der Waals surface area (Å²) in [5, 5.41) is 4.12. The molecule has 0 spiro atoms. The molecule has 0 saturated heterocycles. The Bertz CT molecular complexity index is 908. The van der Waals surface area contributed by atoms with E-state index < -0.39 is 0 Å². The zero-order chi connectivity index (χ0) is 18.5. The lowest BCUT2D eigenvalue weighted by molar-refractivity contribution is 0.476. The molecule has 26 heavy (non-hydrogen) atoms. The van der Waals surface area contributed by atoms with Crippen LogP contribution in [0.25, 0.3) is 0 Å². The number of aryl methyl sites for hydroxylation is 3. The van der Waals surface area contributed by atoms with Crippen LogP contribution < -0.4 is 10.1 Å². The van der Waals surface area contributed by atoms with Crippen molar-refractivity contribution in [3.05, 3.63) is 82.1 Å². The lowest BCUT2D eigenvalue weighted by Gasteiger charge is -2.14. The summed E-state index contributed by atoms with van der Waals surface area (Å²) in [5.41, 5.74) is 5.56. The summed E-state index contributed by atoms with van der Waals surface area (Å²) < 4.78 is 6.12. The first-order valence-electron chi connectivity index (χ1n) is 8.77. The van der Waals surface area contributed by atoms with Gasteiger partial charge >= 0.3 is 0 Å². The predicted octanol–water partition coefficient (Wildman–Crippen LogP) is 6.32. The third-order valence-electron chi connectivity index (χ3n) is 4.39. The summed E-state index contributed by atoms with van der Waals surface area (Å²) in [6, 6.07) is 15.8. The predicted molar refractivity (Wildman–Crippen MR) is 108 cm³/mol. The van der Waals surface area contributed by atoms with Crippen LogP contribution >= 0.6 is 11.6 Å². The van der Waals surface area contributed by atoms with E-state index in [0.29, 0.717) is 11.6 Å². The zero-order valence-corrected chi connectivity index (χ0v) is 16.1. The van der Waals surface area contributed by atoms with Crippen LogP contribution in [-0.4, -0.2) is 4.98 Å². The Morgan fingerprint density at radius 2 is 1.85 bits per heavy atom. The Balaban J connectivity index is 1.80. The molecular formula is C22H23ClN2O. The van der Waals surface area contributed by atoms with Gasteiger partial charge in [-0.3, -0.25) is 4.98 Å². The maximum absolute atomic E-state index is 6.20. The maximum Gasteiger partial charge on any atom is 0.132 e. The van der Waals surface area contributed by atoms with Crippen molar-refractivity contribution in [2.45, 2.75) is 33.7 Å². The van der Waals surface area contributed by atoms with Gasteiger partial charge in [0.25, 0.3) is 0 Å². The number of nitrogens with zero attached hydrogens (tertiary/aromatic N) is 1. The summed E-state index contributed by atoms with van der Waals surface area (Å²) in [6.45, 7) is 6.89. The normalized spacial score (nSPS) is 10.6. The van der Waals surface area contributed by atoms with Crippen LogP contribution in [-0.2, 0) is 13.0 Å². The van der Waals surface area contributed by atoms with Crippen LogP contribution in [0.1, 0.15) is 29.3 Å². The highest BCUT2D eigenvalue weighted by molar-refractivity contribution is 6.30. The van der Waals surface area contributed by atoms with E-state index in [1.54, 1.807) is 0 Å². The molecule has 0 aliphatic heterocycles. The Labute approximate surface area is 160 Å². The van der Waals surface area contributed by atoms with E-state index in [0.717, 1.165) is 34.9 Å². The molecular weight excluding hydrogens is 344 g/mol. The fraction of sp³-hybridized carbons (Fsp3) is 0.227. The third kappa shape index (κ3) is 4.55. The van der Waals surface area contributed by atoms with Crippen LogP contribution in [0.3, 0.4) is 0 Å². The second kappa shape index (κ2) is 8.24. The molecule has 0 aliphatic carbocycles. The van der Waals surface area contributed by atoms with Crippen molar-refractivity contribution in [1.82, 2.24) is 4.98 Å². The zero-order valence-electron chi connectivity index (χ0n) is 15.3. The summed E-state index contributed by atoms with van der Waals surface area (Å²) in [6.07, 6.45) is 2.74. The SMILES string of the molecule is CCc1cc(NCc2cc(Cl)ccc2Oc2ccc(C)c(C)c2)ccn1. The molecule has 0 atom stereocenters. The number of halogens is 1. The minimum Gasteiger partial charge on any atom is -0.457 e. The molecule has 0 bridgehead atoms. The van der Waals surface area contributed by atoms with Crippen molar-refractivity contribution in [1.29, 1.82) is 0 Å². The van der Waals surface area contributed by atoms with Gasteiger partial charge in [-0.25, -0.2) is 0 Å². The second-order valence-corrected chi connectivity index (χ2v) is 6.78. The number of pyridine rings is 1. The smallest absolute Gasteiger partial charge is 0.132 e. The van der Waals surface area contributed by atoms with Gasteiger partial charge in [0.1, 0.15) is 11.5 Å². The van der Waals surface area contributed by atoms with E-state index in [1.165, 1.54) is 11.1 Å². The van der Waals surface area contributed by atoms with Gasteiger partial charge in [0, 0.05) is 34.7 Å². The van der Waals surface area contributed by atoms with Gasteiger partial charge in [0.2, 0.25) is 0 Å². The van der Waals surface area contributed by atoms with Gasteiger partial charge in [-0.2, -0.15) is 0 Å². The Morgan fingerprint density at radius 3 is 2.62 bits per heavy atom. The quantitative estimate of drug-likeness (QED) is 0.554. The topological polar surface area (TPSA) is 34.1 Å². The van der Waals surface area contributed by atoms with Crippen molar-refractivity contribution in [3.63, 3.8) is 0 Å². The average molecular weight is 367 g/mol. The first-order chi connectivity index (χ1) is 12.5. The molecule has 134 valence electrons. The van der Waals surface area contributed by atoms with Crippen LogP contribution in [0, 0.1) is 13.8 Å². The van der Waals surface area contributed by atoms with Gasteiger partial charge in [0.15, 0.2) is 0 Å². The standard InChI is InChI=1S/C22H23ClN2O/c1-4-19-13-20(9-10-24-19)25-14-17-12-18(23)6-8-22(17)26-21-7-5-15(2)16(3)11-21/h5-13H,4,14H2,1-3H3,(H,24,25). The highest BCUT2D eigenvalue weighted by atomic mass is 35.5. The summed E-state index contributed by atoms with van der Waals surface area (Å²) >= 11 is 6.20. The minimum atomic E-state index is 0.619. The van der Waals surface area contributed by atoms with E-state index in [9.17, 15) is 0 Å². The highest BCUT2D eigenvalue weighted by Gasteiger charge is 2.08. The number of anilines is 1. The Kier molecular flexibility index (Phi) is 5.79. The van der Waals surface area contributed by atoms with Crippen LogP contribution in [0.4, 0.5) is 5.69 Å². The van der Waals surface area contributed by atoms with Gasteiger partial charge in [0.05, 0.1) is 0 Å². The molecule has 0 aliphatic rings. The summed E-state index contributed by atoms with van der Waals surface area (Å²) in [7, 11) is 0. The molecule has 0 saturated carbocycles. The number of hydrogen-bond donors (Lipinski definition) is 1. The van der Waals surface area contributed by atoms with Crippen LogP contribution in [0.15, 0.2) is 54.7 Å². The highest BCUT2D eigenvalue weighted by Crippen LogP contribution is 2.29. The molecule has 2 aromatic carbocycles. The first-order valence-corrected chi connectivity index (χ1v) is 9.15. The first kappa shape index (κ1) is 18.3. The van der Waals surface area contributed by atoms with Gasteiger partial charge < -0.3 is 10.1 Å². The summed E-state index contributed by atoms with van der Waals surface area (Å²) in [5.74, 6) is 1.63. The van der Waals surface area contributed by atoms with Gasteiger partial charge in [-0.1, -0.05) is 24.6 Å². The van der Waals surface area contributed by atoms with E-state index in [-0.39, 0.29) is 0 Å². The minimum absolute atomic E-state index is 0.619. The monoisotopic (exact) mass is 366 g/mol. The van der Waals surface area contributed by atoms with Crippen molar-refractivity contribution < 1.29 is 4.74 Å². The van der Waals surface area contributed by atoms with Gasteiger partial charge in [-0.15, -0.1) is 0 Å². The molecule has 0 amide bonds. The van der Waals surface area contributed by atoms with E-state index in [1.807, 2.05) is 36.5 Å². The molecule has 0 fully saturated rings. The largest absolute Gasteiger partial charge is 0.457 e. The lowest BCUT2D eigenvalue weighted by Crippen LogP contribution is -2.02. The molecule has 3 rings (SSSR count). The molecule has 3 aromatic rings. The Hall–Kier alpha value is -2.52. The number of rotatable bonds is 6. The van der Waals surface area contributed by atoms with Crippen molar-refractivity contribution >= 4 is 17.3 Å². The van der Waals surface area contributed by atoms with E-state index in [2.05, 4.69) is 49.3 Å². The fourth-order valence-electron chi connectivity index (χ4n) is 2.67. The molecule has 0 radical (unpaired) electrons. The molecule has 0 unspecified atom stereocenters. The van der Waals surface area contributed by atoms with Gasteiger partial charge in [-0.05, 0) is 73.9 Å². The number of nitrogens with one attached hydrogen (secondary N) is 1. The van der Waals surface area contributed by atoms with Crippen molar-refractivity contribution in [2.24, 2.45) is 0 Å². The van der Waals surface area contributed by atoms with Crippen LogP contribution in [0.2, 0.25) is 5.02 Å². The molecule has 1 N–H and O–H groups in total.